The fourth-order valence-corrected chi connectivity index (χ4v) is 2.32. The Morgan fingerprint density at radius 3 is 2.89 bits per heavy atom. The highest BCUT2D eigenvalue weighted by Crippen LogP contribution is 2.24. The minimum Gasteiger partial charge on any atom is -0.336 e. The molecule has 1 aliphatic rings. The zero-order valence-corrected chi connectivity index (χ0v) is 10.8. The second kappa shape index (κ2) is 4.29. The van der Waals surface area contributed by atoms with Crippen molar-refractivity contribution in [2.75, 3.05) is 7.05 Å². The summed E-state index contributed by atoms with van der Waals surface area (Å²) in [7, 11) is 1.80. The third kappa shape index (κ3) is 1.71. The van der Waals surface area contributed by atoms with Crippen LogP contribution < -0.4 is 0 Å². The predicted molar refractivity (Wildman–Crippen MR) is 71.9 cm³/mol. The van der Waals surface area contributed by atoms with Crippen LogP contribution in [0, 0.1) is 11.8 Å². The van der Waals surface area contributed by atoms with Crippen molar-refractivity contribution in [3.05, 3.63) is 47.5 Å². The van der Waals surface area contributed by atoms with E-state index in [4.69, 9.17) is 0 Å². The van der Waals surface area contributed by atoms with Crippen LogP contribution in [0.15, 0.2) is 30.6 Å². The molecule has 3 rings (SSSR count). The fourth-order valence-electron chi connectivity index (χ4n) is 2.32. The van der Waals surface area contributed by atoms with E-state index in [-0.39, 0.29) is 5.91 Å². The number of amides is 1. The first-order valence-corrected chi connectivity index (χ1v) is 6.06. The van der Waals surface area contributed by atoms with Crippen molar-refractivity contribution in [2.45, 2.75) is 13.5 Å². The first-order valence-electron chi connectivity index (χ1n) is 6.06. The van der Waals surface area contributed by atoms with E-state index >= 15 is 0 Å². The van der Waals surface area contributed by atoms with E-state index in [9.17, 15) is 4.79 Å². The molecule has 4 nitrogen and oxygen atoms in total. The third-order valence-corrected chi connectivity index (χ3v) is 3.24. The lowest BCUT2D eigenvalue weighted by molar-refractivity contribution is 0.0788. The molecule has 0 atom stereocenters. The molecule has 1 amide bonds. The Morgan fingerprint density at radius 2 is 2.11 bits per heavy atom. The summed E-state index contributed by atoms with van der Waals surface area (Å²) < 4.78 is 1.95. The van der Waals surface area contributed by atoms with Crippen molar-refractivity contribution in [1.29, 1.82) is 0 Å². The monoisotopic (exact) mass is 251 g/mol. The van der Waals surface area contributed by atoms with E-state index in [1.54, 1.807) is 25.2 Å². The minimum absolute atomic E-state index is 0.0229. The molecule has 0 fully saturated rings. The van der Waals surface area contributed by atoms with Gasteiger partial charge in [0.15, 0.2) is 0 Å². The number of benzene rings is 1. The molecule has 4 heteroatoms. The third-order valence-electron chi connectivity index (χ3n) is 3.24. The Morgan fingerprint density at radius 1 is 1.32 bits per heavy atom. The highest BCUT2D eigenvalue weighted by molar-refractivity contribution is 5.98. The normalized spacial score (nSPS) is 13.2. The fraction of sp³-hybridized carbons (Fsp3) is 0.200. The van der Waals surface area contributed by atoms with Gasteiger partial charge in [0, 0.05) is 7.05 Å². The Kier molecular flexibility index (Phi) is 2.60. The van der Waals surface area contributed by atoms with Crippen molar-refractivity contribution < 1.29 is 4.79 Å². The number of hydrogen-bond donors (Lipinski definition) is 0. The summed E-state index contributed by atoms with van der Waals surface area (Å²) in [5, 5.41) is 0. The molecule has 0 radical (unpaired) electrons. The van der Waals surface area contributed by atoms with Crippen molar-refractivity contribution in [1.82, 2.24) is 14.5 Å². The summed E-state index contributed by atoms with van der Waals surface area (Å²) in [5.74, 6) is 5.87. The summed E-state index contributed by atoms with van der Waals surface area (Å²) in [6.07, 6.45) is 1.74. The van der Waals surface area contributed by atoms with Gasteiger partial charge in [-0.05, 0) is 25.0 Å². The minimum atomic E-state index is 0.0229. The van der Waals surface area contributed by atoms with Crippen LogP contribution in [0.2, 0.25) is 0 Å². The van der Waals surface area contributed by atoms with Crippen LogP contribution in [0.25, 0.3) is 5.69 Å². The van der Waals surface area contributed by atoms with Gasteiger partial charge in [-0.25, -0.2) is 4.98 Å². The number of aromatic nitrogens is 2. The van der Waals surface area contributed by atoms with E-state index in [2.05, 4.69) is 16.8 Å². The maximum absolute atomic E-state index is 12.3. The van der Waals surface area contributed by atoms with Crippen LogP contribution in [-0.2, 0) is 6.54 Å². The SMILES string of the molecule is CC#Cc1ncn2c1CN(C)C(=O)c1ccccc1-2. The van der Waals surface area contributed by atoms with Gasteiger partial charge in [0.2, 0.25) is 0 Å². The number of carbonyl (C=O) groups excluding carboxylic acids is 1. The number of carbonyl (C=O) groups is 1. The summed E-state index contributed by atoms with van der Waals surface area (Å²) in [6.45, 7) is 2.29. The number of imidazole rings is 1. The highest BCUT2D eigenvalue weighted by Gasteiger charge is 2.25. The molecule has 2 aromatic rings. The van der Waals surface area contributed by atoms with Crippen LogP contribution in [0.5, 0.6) is 0 Å². The number of nitrogens with zero attached hydrogens (tertiary/aromatic N) is 3. The topological polar surface area (TPSA) is 38.1 Å². The van der Waals surface area contributed by atoms with E-state index in [1.807, 2.05) is 28.8 Å². The molecule has 0 bridgehead atoms. The Hall–Kier alpha value is -2.54. The molecule has 0 unspecified atom stereocenters. The van der Waals surface area contributed by atoms with Crippen molar-refractivity contribution >= 4 is 5.91 Å². The zero-order chi connectivity index (χ0) is 13.4. The maximum Gasteiger partial charge on any atom is 0.256 e. The molecule has 0 N–H and O–H groups in total. The Bertz CT molecular complexity index is 718. The number of fused-ring (bicyclic) bond motifs is 3. The summed E-state index contributed by atoms with van der Waals surface area (Å²) >= 11 is 0. The first-order chi connectivity index (χ1) is 9.22. The Balaban J connectivity index is 2.30. The van der Waals surface area contributed by atoms with Gasteiger partial charge in [-0.3, -0.25) is 9.36 Å². The van der Waals surface area contributed by atoms with E-state index < -0.39 is 0 Å². The van der Waals surface area contributed by atoms with Gasteiger partial charge in [0.1, 0.15) is 12.0 Å². The molecular weight excluding hydrogens is 238 g/mol. The molecule has 2 heterocycles. The van der Waals surface area contributed by atoms with E-state index in [0.29, 0.717) is 12.1 Å². The predicted octanol–water partition coefficient (Wildman–Crippen LogP) is 1.83. The lowest BCUT2D eigenvalue weighted by atomic mass is 10.1. The first kappa shape index (κ1) is 11.5. The molecular formula is C15H13N3O. The van der Waals surface area contributed by atoms with E-state index in [0.717, 1.165) is 17.1 Å². The van der Waals surface area contributed by atoms with Crippen LogP contribution in [0.3, 0.4) is 0 Å². The Labute approximate surface area is 111 Å². The lowest BCUT2D eigenvalue weighted by Gasteiger charge is -2.13. The number of para-hydroxylation sites is 1. The molecule has 0 spiro atoms. The standard InChI is InChI=1S/C15H13N3O/c1-3-6-12-14-9-17(2)15(19)11-7-4-5-8-13(11)18(14)10-16-12/h4-5,7-8,10H,9H2,1-2H3. The van der Waals surface area contributed by atoms with Gasteiger partial charge >= 0.3 is 0 Å². The molecule has 1 aliphatic heterocycles. The molecule has 0 saturated heterocycles. The van der Waals surface area contributed by atoms with Crippen molar-refractivity contribution in [2.24, 2.45) is 0 Å². The molecule has 94 valence electrons. The molecule has 19 heavy (non-hydrogen) atoms. The molecule has 1 aromatic heterocycles. The van der Waals surface area contributed by atoms with E-state index in [1.165, 1.54) is 0 Å². The highest BCUT2D eigenvalue weighted by atomic mass is 16.2. The van der Waals surface area contributed by atoms with Gasteiger partial charge in [-0.1, -0.05) is 18.1 Å². The number of rotatable bonds is 0. The van der Waals surface area contributed by atoms with Gasteiger partial charge in [0.25, 0.3) is 5.91 Å². The van der Waals surface area contributed by atoms with Gasteiger partial charge in [-0.2, -0.15) is 0 Å². The molecule has 0 saturated carbocycles. The largest absolute Gasteiger partial charge is 0.336 e. The van der Waals surface area contributed by atoms with Crippen molar-refractivity contribution in [3.63, 3.8) is 0 Å². The van der Waals surface area contributed by atoms with Gasteiger partial charge in [0.05, 0.1) is 23.5 Å². The van der Waals surface area contributed by atoms with Crippen LogP contribution >= 0.6 is 0 Å². The summed E-state index contributed by atoms with van der Waals surface area (Å²) in [5.41, 5.74) is 3.25. The van der Waals surface area contributed by atoms with Crippen molar-refractivity contribution in [3.8, 4) is 17.5 Å². The maximum atomic E-state index is 12.3. The molecule has 1 aromatic carbocycles. The average Bonchev–Trinajstić information content (AvgIpc) is 2.77. The summed E-state index contributed by atoms with van der Waals surface area (Å²) in [6, 6.07) is 7.57. The lowest BCUT2D eigenvalue weighted by Crippen LogP contribution is -2.25. The second-order valence-electron chi connectivity index (χ2n) is 4.46. The van der Waals surface area contributed by atoms with Crippen LogP contribution in [-0.4, -0.2) is 27.4 Å². The zero-order valence-electron chi connectivity index (χ0n) is 10.8. The summed E-state index contributed by atoms with van der Waals surface area (Å²) in [4.78, 5) is 18.4. The molecule has 0 aliphatic carbocycles. The average molecular weight is 251 g/mol. The quantitative estimate of drug-likeness (QED) is 0.670. The number of hydrogen-bond acceptors (Lipinski definition) is 2. The second-order valence-corrected chi connectivity index (χ2v) is 4.46. The van der Waals surface area contributed by atoms with Crippen LogP contribution in [0.1, 0.15) is 28.7 Å². The van der Waals surface area contributed by atoms with Gasteiger partial charge < -0.3 is 4.90 Å². The van der Waals surface area contributed by atoms with Gasteiger partial charge in [-0.15, -0.1) is 0 Å². The smallest absolute Gasteiger partial charge is 0.256 e. The van der Waals surface area contributed by atoms with Crippen LogP contribution in [0.4, 0.5) is 0 Å².